The molecular weight excluding hydrogens is 565 g/mol. The Balaban J connectivity index is 1.29. The summed E-state index contributed by atoms with van der Waals surface area (Å²) in [5.74, 6) is 0.791. The molecule has 3 aromatic carbocycles. The molecule has 1 aliphatic rings. The van der Waals surface area contributed by atoms with Gasteiger partial charge in [0.1, 0.15) is 11.6 Å². The SMILES string of the molecule is Cc1ccc2c(CS(=O)(=O)Cc3ccc(F)cc3)cccc2c1Oc1ncccc1-c1ccnc(N[C@H]2CCCNC2)n1. The van der Waals surface area contributed by atoms with Crippen LogP contribution >= 0.6 is 0 Å². The van der Waals surface area contributed by atoms with Crippen molar-refractivity contribution >= 4 is 26.6 Å². The topological polar surface area (TPSA) is 106 Å². The van der Waals surface area contributed by atoms with Crippen LogP contribution in [0.15, 0.2) is 85.2 Å². The number of nitrogens with zero attached hydrogens (tertiary/aromatic N) is 3. The second kappa shape index (κ2) is 12.4. The third kappa shape index (κ3) is 6.81. The molecule has 0 spiro atoms. The lowest BCUT2D eigenvalue weighted by Gasteiger charge is -2.23. The number of piperidine rings is 1. The van der Waals surface area contributed by atoms with Crippen molar-refractivity contribution in [2.45, 2.75) is 37.3 Å². The summed E-state index contributed by atoms with van der Waals surface area (Å²) in [6.45, 7) is 3.83. The number of halogens is 1. The van der Waals surface area contributed by atoms with Crippen LogP contribution in [0.25, 0.3) is 22.0 Å². The molecule has 0 unspecified atom stereocenters. The highest BCUT2D eigenvalue weighted by molar-refractivity contribution is 7.89. The largest absolute Gasteiger partial charge is 0.437 e. The van der Waals surface area contributed by atoms with E-state index in [9.17, 15) is 12.8 Å². The predicted molar refractivity (Wildman–Crippen MR) is 166 cm³/mol. The number of sulfone groups is 1. The first-order valence-electron chi connectivity index (χ1n) is 14.2. The zero-order valence-electron chi connectivity index (χ0n) is 23.8. The number of hydrogen-bond donors (Lipinski definition) is 2. The highest BCUT2D eigenvalue weighted by atomic mass is 32.2. The van der Waals surface area contributed by atoms with E-state index in [2.05, 4.69) is 20.6 Å². The molecule has 1 fully saturated rings. The molecule has 0 amide bonds. The number of hydrogen-bond acceptors (Lipinski definition) is 8. The van der Waals surface area contributed by atoms with Crippen LogP contribution in [0.4, 0.5) is 10.3 Å². The molecule has 0 aliphatic carbocycles. The van der Waals surface area contributed by atoms with Gasteiger partial charge in [-0.2, -0.15) is 0 Å². The quantitative estimate of drug-likeness (QED) is 0.207. The molecule has 2 aromatic heterocycles. The van der Waals surface area contributed by atoms with Gasteiger partial charge in [0, 0.05) is 30.4 Å². The number of pyridine rings is 1. The fraction of sp³-hybridized carbons (Fsp3) is 0.242. The Morgan fingerprint density at radius 1 is 0.953 bits per heavy atom. The monoisotopic (exact) mass is 597 g/mol. The first-order chi connectivity index (χ1) is 20.8. The minimum Gasteiger partial charge on any atom is -0.437 e. The summed E-state index contributed by atoms with van der Waals surface area (Å²) in [7, 11) is -3.53. The van der Waals surface area contributed by atoms with Crippen LogP contribution < -0.4 is 15.4 Å². The average molecular weight is 598 g/mol. The molecule has 0 radical (unpaired) electrons. The van der Waals surface area contributed by atoms with Crippen molar-refractivity contribution < 1.29 is 17.5 Å². The van der Waals surface area contributed by atoms with Crippen molar-refractivity contribution in [3.63, 3.8) is 0 Å². The van der Waals surface area contributed by atoms with Crippen LogP contribution in [0.2, 0.25) is 0 Å². The van der Waals surface area contributed by atoms with Crippen LogP contribution in [0.3, 0.4) is 0 Å². The molecule has 220 valence electrons. The van der Waals surface area contributed by atoms with Crippen LogP contribution in [0.5, 0.6) is 11.6 Å². The third-order valence-electron chi connectivity index (χ3n) is 7.51. The van der Waals surface area contributed by atoms with Crippen molar-refractivity contribution in [2.24, 2.45) is 0 Å². The number of anilines is 1. The van der Waals surface area contributed by atoms with Gasteiger partial charge in [0.25, 0.3) is 0 Å². The Hall–Kier alpha value is -4.41. The van der Waals surface area contributed by atoms with Crippen LogP contribution in [-0.4, -0.2) is 42.5 Å². The van der Waals surface area contributed by atoms with E-state index in [4.69, 9.17) is 9.72 Å². The minimum atomic E-state index is -3.53. The Morgan fingerprint density at radius 3 is 2.63 bits per heavy atom. The molecule has 1 aliphatic heterocycles. The van der Waals surface area contributed by atoms with E-state index < -0.39 is 15.7 Å². The maximum Gasteiger partial charge on any atom is 0.228 e. The minimum absolute atomic E-state index is 0.160. The lowest BCUT2D eigenvalue weighted by atomic mass is 10.0. The van der Waals surface area contributed by atoms with E-state index >= 15 is 0 Å². The molecule has 8 nitrogen and oxygen atoms in total. The predicted octanol–water partition coefficient (Wildman–Crippen LogP) is 6.21. The van der Waals surface area contributed by atoms with E-state index in [-0.39, 0.29) is 17.5 Å². The summed E-state index contributed by atoms with van der Waals surface area (Å²) >= 11 is 0. The maximum atomic E-state index is 13.3. The number of benzene rings is 3. The summed E-state index contributed by atoms with van der Waals surface area (Å²) < 4.78 is 46.1. The van der Waals surface area contributed by atoms with Gasteiger partial charge >= 0.3 is 0 Å². The number of fused-ring (bicyclic) bond motifs is 1. The zero-order chi connectivity index (χ0) is 29.8. The van der Waals surface area contributed by atoms with Crippen LogP contribution in [0.1, 0.15) is 29.5 Å². The second-order valence-electron chi connectivity index (χ2n) is 10.8. The van der Waals surface area contributed by atoms with Gasteiger partial charge in [0.15, 0.2) is 9.84 Å². The van der Waals surface area contributed by atoms with Crippen LogP contribution in [0, 0.1) is 12.7 Å². The zero-order valence-corrected chi connectivity index (χ0v) is 24.6. The summed E-state index contributed by atoms with van der Waals surface area (Å²) in [5, 5.41) is 8.37. The van der Waals surface area contributed by atoms with Gasteiger partial charge in [0.05, 0.1) is 22.8 Å². The lowest BCUT2D eigenvalue weighted by Crippen LogP contribution is -2.38. The molecule has 1 saturated heterocycles. The van der Waals surface area contributed by atoms with E-state index in [1.54, 1.807) is 12.4 Å². The van der Waals surface area contributed by atoms with E-state index in [0.717, 1.165) is 42.3 Å². The molecule has 5 aromatic rings. The maximum absolute atomic E-state index is 13.3. The van der Waals surface area contributed by atoms with Gasteiger partial charge in [-0.3, -0.25) is 0 Å². The number of ether oxygens (including phenoxy) is 1. The molecule has 6 rings (SSSR count). The van der Waals surface area contributed by atoms with Crippen LogP contribution in [-0.2, 0) is 21.3 Å². The highest BCUT2D eigenvalue weighted by Crippen LogP contribution is 2.38. The lowest BCUT2D eigenvalue weighted by molar-refractivity contribution is 0.466. The summed E-state index contributed by atoms with van der Waals surface area (Å²) in [6.07, 6.45) is 5.54. The molecule has 0 saturated carbocycles. The van der Waals surface area contributed by atoms with Gasteiger partial charge in [-0.1, -0.05) is 42.5 Å². The normalized spacial score (nSPS) is 15.3. The summed E-state index contributed by atoms with van der Waals surface area (Å²) in [6, 6.07) is 20.8. The van der Waals surface area contributed by atoms with Crippen molar-refractivity contribution in [2.75, 3.05) is 18.4 Å². The number of aryl methyl sites for hydroxylation is 1. The number of nitrogens with one attached hydrogen (secondary N) is 2. The molecule has 0 bridgehead atoms. The molecule has 3 heterocycles. The first-order valence-corrected chi connectivity index (χ1v) is 16.1. The first kappa shape index (κ1) is 28.7. The molecule has 43 heavy (non-hydrogen) atoms. The van der Waals surface area contributed by atoms with Gasteiger partial charge in [0.2, 0.25) is 11.8 Å². The number of rotatable bonds is 9. The van der Waals surface area contributed by atoms with Crippen molar-refractivity contribution in [1.82, 2.24) is 20.3 Å². The molecule has 10 heteroatoms. The van der Waals surface area contributed by atoms with E-state index in [1.807, 2.05) is 55.5 Å². The van der Waals surface area contributed by atoms with Crippen molar-refractivity contribution in [3.05, 3.63) is 108 Å². The van der Waals surface area contributed by atoms with Gasteiger partial charge < -0.3 is 15.4 Å². The third-order valence-corrected chi connectivity index (χ3v) is 9.03. The Bertz CT molecular complexity index is 1860. The smallest absolute Gasteiger partial charge is 0.228 e. The Kier molecular flexibility index (Phi) is 8.31. The average Bonchev–Trinajstić information content (AvgIpc) is 3.00. The Morgan fingerprint density at radius 2 is 1.81 bits per heavy atom. The summed E-state index contributed by atoms with van der Waals surface area (Å²) in [4.78, 5) is 13.7. The van der Waals surface area contributed by atoms with Gasteiger partial charge in [-0.15, -0.1) is 0 Å². The van der Waals surface area contributed by atoms with Gasteiger partial charge in [-0.05, 0) is 78.7 Å². The van der Waals surface area contributed by atoms with E-state index in [1.165, 1.54) is 24.3 Å². The standard InChI is InChI=1S/C33H32FN5O3S/c1-22-9-14-27-24(21-43(40,41)20-23-10-12-25(34)13-11-23)5-2-7-28(27)31(22)42-32-29(8-4-17-36-32)30-15-18-37-33(39-30)38-26-6-3-16-35-19-26/h2,4-5,7-15,17-18,26,35H,3,6,16,19-21H2,1H3,(H,37,38,39)/t26-/m0/s1. The van der Waals surface area contributed by atoms with Gasteiger partial charge in [-0.25, -0.2) is 27.8 Å². The fourth-order valence-electron chi connectivity index (χ4n) is 5.39. The molecular formula is C33H32FN5O3S. The molecule has 2 N–H and O–H groups in total. The van der Waals surface area contributed by atoms with Crippen molar-refractivity contribution in [3.8, 4) is 22.9 Å². The second-order valence-corrected chi connectivity index (χ2v) is 12.9. The van der Waals surface area contributed by atoms with E-state index in [0.29, 0.717) is 40.0 Å². The van der Waals surface area contributed by atoms with Crippen molar-refractivity contribution in [1.29, 1.82) is 0 Å². The Labute approximate surface area is 250 Å². The number of aromatic nitrogens is 3. The highest BCUT2D eigenvalue weighted by Gasteiger charge is 2.19. The summed E-state index contributed by atoms with van der Waals surface area (Å²) in [5.41, 5.74) is 3.47. The molecule has 1 atom stereocenters. The fourth-order valence-corrected chi connectivity index (χ4v) is 6.92.